The average Bonchev–Trinajstić information content (AvgIpc) is 3.03. The molecular formula is C14H17N3O2. The number of hydrogen-bond donors (Lipinski definition) is 2. The highest BCUT2D eigenvalue weighted by Gasteiger charge is 2.33. The predicted molar refractivity (Wildman–Crippen MR) is 71.5 cm³/mol. The first-order chi connectivity index (χ1) is 9.16. The Morgan fingerprint density at radius 3 is 3.05 bits per heavy atom. The Balaban J connectivity index is 1.93. The number of carbonyl (C=O) groups is 1. The molecule has 3 rings (SSSR count). The van der Waals surface area contributed by atoms with Crippen LogP contribution in [0, 0.1) is 0 Å². The van der Waals surface area contributed by atoms with E-state index in [9.17, 15) is 9.90 Å². The Kier molecular flexibility index (Phi) is 2.98. The highest BCUT2D eigenvalue weighted by Crippen LogP contribution is 2.31. The van der Waals surface area contributed by atoms with Gasteiger partial charge < -0.3 is 15.0 Å². The fraction of sp³-hybridized carbons (Fsp3) is 0.429. The van der Waals surface area contributed by atoms with Gasteiger partial charge in [0.1, 0.15) is 11.9 Å². The lowest BCUT2D eigenvalue weighted by atomic mass is 10.2. The molecule has 0 saturated carbocycles. The molecule has 5 nitrogen and oxygen atoms in total. The van der Waals surface area contributed by atoms with E-state index in [-0.39, 0.29) is 11.9 Å². The van der Waals surface area contributed by atoms with E-state index in [4.69, 9.17) is 0 Å². The molecule has 100 valence electrons. The molecular weight excluding hydrogens is 242 g/mol. The van der Waals surface area contributed by atoms with Crippen molar-refractivity contribution in [3.05, 3.63) is 30.1 Å². The van der Waals surface area contributed by atoms with E-state index < -0.39 is 6.10 Å². The van der Waals surface area contributed by atoms with Crippen LogP contribution < -0.4 is 0 Å². The maximum Gasteiger partial charge on any atom is 0.251 e. The molecule has 0 bridgehead atoms. The SMILES string of the molecule is CC(O)C(=O)N1CCCC1c1nc2ccccc2[nH]1. The van der Waals surface area contributed by atoms with Gasteiger partial charge in [-0.3, -0.25) is 4.79 Å². The first kappa shape index (κ1) is 12.2. The number of likely N-dealkylation sites (tertiary alicyclic amines) is 1. The number of benzene rings is 1. The van der Waals surface area contributed by atoms with Crippen molar-refractivity contribution in [3.63, 3.8) is 0 Å². The summed E-state index contributed by atoms with van der Waals surface area (Å²) in [4.78, 5) is 21.5. The summed E-state index contributed by atoms with van der Waals surface area (Å²) in [7, 11) is 0. The Bertz CT molecular complexity index is 573. The molecule has 0 aliphatic carbocycles. The number of hydrogen-bond acceptors (Lipinski definition) is 3. The number of amides is 1. The Morgan fingerprint density at radius 1 is 1.53 bits per heavy atom. The van der Waals surface area contributed by atoms with E-state index in [1.807, 2.05) is 24.3 Å². The van der Waals surface area contributed by atoms with Gasteiger partial charge in [-0.2, -0.15) is 0 Å². The van der Waals surface area contributed by atoms with Crippen molar-refractivity contribution in [2.45, 2.75) is 31.9 Å². The van der Waals surface area contributed by atoms with E-state index in [2.05, 4.69) is 9.97 Å². The zero-order valence-electron chi connectivity index (χ0n) is 10.8. The molecule has 1 fully saturated rings. The van der Waals surface area contributed by atoms with Crippen molar-refractivity contribution in [3.8, 4) is 0 Å². The number of nitrogens with one attached hydrogen (secondary N) is 1. The molecule has 2 heterocycles. The lowest BCUT2D eigenvalue weighted by molar-refractivity contribution is -0.140. The summed E-state index contributed by atoms with van der Waals surface area (Å²) in [5.74, 6) is 0.593. The fourth-order valence-electron chi connectivity index (χ4n) is 2.69. The number of fused-ring (bicyclic) bond motifs is 1. The molecule has 1 aliphatic rings. The summed E-state index contributed by atoms with van der Waals surface area (Å²) in [6.07, 6.45) is 0.878. The van der Waals surface area contributed by atoms with Crippen molar-refractivity contribution in [1.82, 2.24) is 14.9 Å². The van der Waals surface area contributed by atoms with E-state index in [0.717, 1.165) is 29.7 Å². The summed E-state index contributed by atoms with van der Waals surface area (Å²) < 4.78 is 0. The minimum Gasteiger partial charge on any atom is -0.384 e. The standard InChI is InChI=1S/C14H17N3O2/c1-9(18)14(19)17-8-4-7-12(17)13-15-10-5-2-3-6-11(10)16-13/h2-3,5-6,9,12,18H,4,7-8H2,1H3,(H,15,16). The number of para-hydroxylation sites is 2. The third-order valence-electron chi connectivity index (χ3n) is 3.62. The van der Waals surface area contributed by atoms with E-state index in [0.29, 0.717) is 6.54 Å². The number of aromatic nitrogens is 2. The third kappa shape index (κ3) is 2.10. The first-order valence-electron chi connectivity index (χ1n) is 6.60. The molecule has 5 heteroatoms. The molecule has 2 atom stereocenters. The lowest BCUT2D eigenvalue weighted by Crippen LogP contribution is -2.37. The predicted octanol–water partition coefficient (Wildman–Crippen LogP) is 1.61. The third-order valence-corrected chi connectivity index (χ3v) is 3.62. The number of rotatable bonds is 2. The maximum atomic E-state index is 12.0. The summed E-state index contributed by atoms with van der Waals surface area (Å²) in [5, 5.41) is 9.46. The summed E-state index contributed by atoms with van der Waals surface area (Å²) in [6.45, 7) is 2.20. The molecule has 1 aliphatic heterocycles. The zero-order chi connectivity index (χ0) is 13.4. The fourth-order valence-corrected chi connectivity index (χ4v) is 2.69. The van der Waals surface area contributed by atoms with Crippen LogP contribution >= 0.6 is 0 Å². The molecule has 19 heavy (non-hydrogen) atoms. The van der Waals surface area contributed by atoms with Crippen LogP contribution in [0.25, 0.3) is 11.0 Å². The van der Waals surface area contributed by atoms with Crippen LogP contribution in [0.1, 0.15) is 31.6 Å². The Hall–Kier alpha value is -1.88. The van der Waals surface area contributed by atoms with Crippen molar-refractivity contribution >= 4 is 16.9 Å². The molecule has 0 spiro atoms. The van der Waals surface area contributed by atoms with E-state index >= 15 is 0 Å². The van der Waals surface area contributed by atoms with E-state index in [1.165, 1.54) is 6.92 Å². The maximum absolute atomic E-state index is 12.0. The molecule has 2 unspecified atom stereocenters. The average molecular weight is 259 g/mol. The van der Waals surface area contributed by atoms with Crippen molar-refractivity contribution < 1.29 is 9.90 Å². The number of nitrogens with zero attached hydrogens (tertiary/aromatic N) is 2. The molecule has 2 N–H and O–H groups in total. The highest BCUT2D eigenvalue weighted by molar-refractivity contribution is 5.81. The van der Waals surface area contributed by atoms with Crippen molar-refractivity contribution in [2.75, 3.05) is 6.54 Å². The second kappa shape index (κ2) is 4.66. The lowest BCUT2D eigenvalue weighted by Gasteiger charge is -2.24. The van der Waals surface area contributed by atoms with Gasteiger partial charge >= 0.3 is 0 Å². The number of aliphatic hydroxyl groups excluding tert-OH is 1. The molecule has 1 saturated heterocycles. The summed E-state index contributed by atoms with van der Waals surface area (Å²) >= 11 is 0. The normalized spacial score (nSPS) is 20.9. The number of imidazole rings is 1. The van der Waals surface area contributed by atoms with Gasteiger partial charge in [0, 0.05) is 6.54 Å². The largest absolute Gasteiger partial charge is 0.384 e. The molecule has 2 aromatic rings. The zero-order valence-corrected chi connectivity index (χ0v) is 10.8. The van der Waals surface area contributed by atoms with Gasteiger partial charge in [-0.1, -0.05) is 12.1 Å². The molecule has 1 aromatic heterocycles. The Labute approximate surface area is 111 Å². The van der Waals surface area contributed by atoms with Gasteiger partial charge in [0.05, 0.1) is 17.1 Å². The smallest absolute Gasteiger partial charge is 0.251 e. The molecule has 1 aromatic carbocycles. The first-order valence-corrected chi connectivity index (χ1v) is 6.60. The van der Waals surface area contributed by atoms with Crippen LogP contribution in [-0.2, 0) is 4.79 Å². The van der Waals surface area contributed by atoms with Crippen LogP contribution in [-0.4, -0.2) is 38.5 Å². The van der Waals surface area contributed by atoms with Gasteiger partial charge in [-0.25, -0.2) is 4.98 Å². The van der Waals surface area contributed by atoms with Crippen LogP contribution in [0.5, 0.6) is 0 Å². The topological polar surface area (TPSA) is 69.2 Å². The van der Waals surface area contributed by atoms with Crippen molar-refractivity contribution in [1.29, 1.82) is 0 Å². The minimum absolute atomic E-state index is 0.0468. The van der Waals surface area contributed by atoms with Crippen LogP contribution in [0.15, 0.2) is 24.3 Å². The minimum atomic E-state index is -0.954. The highest BCUT2D eigenvalue weighted by atomic mass is 16.3. The van der Waals surface area contributed by atoms with Crippen molar-refractivity contribution in [2.24, 2.45) is 0 Å². The quantitative estimate of drug-likeness (QED) is 0.860. The summed E-state index contributed by atoms with van der Waals surface area (Å²) in [6, 6.07) is 7.78. The van der Waals surface area contributed by atoms with Crippen LogP contribution in [0.3, 0.4) is 0 Å². The number of aliphatic hydroxyl groups is 1. The second-order valence-corrected chi connectivity index (χ2v) is 5.00. The van der Waals surface area contributed by atoms with Gasteiger partial charge in [0.2, 0.25) is 0 Å². The monoisotopic (exact) mass is 259 g/mol. The van der Waals surface area contributed by atoms with Gasteiger partial charge in [0.15, 0.2) is 0 Å². The van der Waals surface area contributed by atoms with Gasteiger partial charge in [-0.15, -0.1) is 0 Å². The molecule has 0 radical (unpaired) electrons. The number of carbonyl (C=O) groups excluding carboxylic acids is 1. The number of aromatic amines is 1. The second-order valence-electron chi connectivity index (χ2n) is 5.00. The number of H-pyrrole nitrogens is 1. The van der Waals surface area contributed by atoms with Crippen LogP contribution in [0.4, 0.5) is 0 Å². The van der Waals surface area contributed by atoms with Gasteiger partial charge in [0.25, 0.3) is 5.91 Å². The van der Waals surface area contributed by atoms with Gasteiger partial charge in [-0.05, 0) is 31.9 Å². The Morgan fingerprint density at radius 2 is 2.32 bits per heavy atom. The summed E-state index contributed by atoms with van der Waals surface area (Å²) in [5.41, 5.74) is 1.89. The molecule has 1 amide bonds. The van der Waals surface area contributed by atoms with E-state index in [1.54, 1.807) is 4.90 Å². The van der Waals surface area contributed by atoms with Crippen LogP contribution in [0.2, 0.25) is 0 Å².